The molecule has 0 bridgehead atoms. The molecule has 0 fully saturated rings. The molecule has 0 spiro atoms. The van der Waals surface area contributed by atoms with Gasteiger partial charge in [0.05, 0.1) is 6.61 Å². The van der Waals surface area contributed by atoms with Gasteiger partial charge in [-0.1, -0.05) is 12.1 Å². The zero-order valence-electron chi connectivity index (χ0n) is 16.5. The Morgan fingerprint density at radius 2 is 1.74 bits per heavy atom. The lowest BCUT2D eigenvalue weighted by Crippen LogP contribution is -2.22. The number of anilines is 2. The van der Waals surface area contributed by atoms with Crippen LogP contribution in [-0.2, 0) is 9.59 Å². The van der Waals surface area contributed by atoms with Crippen LogP contribution in [0, 0.1) is 13.8 Å². The predicted molar refractivity (Wildman–Crippen MR) is 109 cm³/mol. The van der Waals surface area contributed by atoms with Gasteiger partial charge in [-0.3, -0.25) is 9.59 Å². The van der Waals surface area contributed by atoms with E-state index >= 15 is 0 Å². The standard InChI is InChI=1S/C22H28N2O3/c1-16-8-9-17(2)21(15-16)27-14-6-5-7-22(26)23-19-10-12-20(13-11-19)24(4)18(3)25/h8-13,15H,5-7,14H2,1-4H3,(H,23,26). The Bertz CT molecular complexity index is 785. The second-order valence-corrected chi connectivity index (χ2v) is 6.75. The van der Waals surface area contributed by atoms with Crippen molar-refractivity contribution in [1.82, 2.24) is 0 Å². The summed E-state index contributed by atoms with van der Waals surface area (Å²) in [6.07, 6.45) is 2.04. The Morgan fingerprint density at radius 1 is 1.04 bits per heavy atom. The number of ether oxygens (including phenoxy) is 1. The van der Waals surface area contributed by atoms with Gasteiger partial charge in [0, 0.05) is 31.8 Å². The minimum Gasteiger partial charge on any atom is -0.493 e. The summed E-state index contributed by atoms with van der Waals surface area (Å²) in [7, 11) is 1.72. The average Bonchev–Trinajstić information content (AvgIpc) is 2.64. The fraction of sp³-hybridized carbons (Fsp3) is 0.364. The number of hydrogen-bond acceptors (Lipinski definition) is 3. The van der Waals surface area contributed by atoms with Gasteiger partial charge in [0.1, 0.15) is 5.75 Å². The number of amides is 2. The normalized spacial score (nSPS) is 10.4. The van der Waals surface area contributed by atoms with E-state index in [1.165, 1.54) is 12.5 Å². The largest absolute Gasteiger partial charge is 0.493 e. The molecule has 0 radical (unpaired) electrons. The molecule has 0 atom stereocenters. The maximum absolute atomic E-state index is 12.1. The molecule has 0 saturated heterocycles. The summed E-state index contributed by atoms with van der Waals surface area (Å²) < 4.78 is 5.81. The maximum atomic E-state index is 12.1. The van der Waals surface area contributed by atoms with Gasteiger partial charge in [-0.15, -0.1) is 0 Å². The van der Waals surface area contributed by atoms with Crippen molar-refractivity contribution in [3.05, 3.63) is 53.6 Å². The molecule has 0 aromatic heterocycles. The van der Waals surface area contributed by atoms with Gasteiger partial charge in [0.15, 0.2) is 0 Å². The minimum atomic E-state index is -0.0325. The van der Waals surface area contributed by atoms with E-state index in [1.807, 2.05) is 32.0 Å². The topological polar surface area (TPSA) is 58.6 Å². The molecular formula is C22H28N2O3. The van der Waals surface area contributed by atoms with E-state index in [-0.39, 0.29) is 11.8 Å². The molecular weight excluding hydrogens is 340 g/mol. The van der Waals surface area contributed by atoms with Gasteiger partial charge in [0.25, 0.3) is 0 Å². The van der Waals surface area contributed by atoms with Crippen LogP contribution in [0.2, 0.25) is 0 Å². The van der Waals surface area contributed by atoms with Gasteiger partial charge in [-0.25, -0.2) is 0 Å². The lowest BCUT2D eigenvalue weighted by atomic mass is 10.1. The summed E-state index contributed by atoms with van der Waals surface area (Å²) in [4.78, 5) is 25.0. The first-order chi connectivity index (χ1) is 12.9. The quantitative estimate of drug-likeness (QED) is 0.699. The summed E-state index contributed by atoms with van der Waals surface area (Å²) in [5.74, 6) is 0.861. The summed E-state index contributed by atoms with van der Waals surface area (Å²) in [5.41, 5.74) is 3.82. The molecule has 2 rings (SSSR count). The van der Waals surface area contributed by atoms with Crippen LogP contribution in [0.3, 0.4) is 0 Å². The van der Waals surface area contributed by atoms with Crippen LogP contribution in [-0.4, -0.2) is 25.5 Å². The molecule has 0 aliphatic rings. The van der Waals surface area contributed by atoms with E-state index in [2.05, 4.69) is 17.4 Å². The summed E-state index contributed by atoms with van der Waals surface area (Å²) in [6, 6.07) is 13.4. The Labute approximate surface area is 161 Å². The van der Waals surface area contributed by atoms with Crippen molar-refractivity contribution in [2.75, 3.05) is 23.9 Å². The second-order valence-electron chi connectivity index (χ2n) is 6.75. The summed E-state index contributed by atoms with van der Waals surface area (Å²) in [5, 5.41) is 2.88. The molecule has 5 nitrogen and oxygen atoms in total. The Balaban J connectivity index is 1.70. The molecule has 0 aliphatic heterocycles. The average molecular weight is 368 g/mol. The van der Waals surface area contributed by atoms with E-state index < -0.39 is 0 Å². The van der Waals surface area contributed by atoms with Crippen LogP contribution in [0.5, 0.6) is 5.75 Å². The lowest BCUT2D eigenvalue weighted by molar-refractivity contribution is -0.117. The van der Waals surface area contributed by atoms with E-state index in [0.717, 1.165) is 35.5 Å². The minimum absolute atomic E-state index is 0.0191. The number of nitrogens with zero attached hydrogens (tertiary/aromatic N) is 1. The van der Waals surface area contributed by atoms with Crippen LogP contribution in [0.25, 0.3) is 0 Å². The van der Waals surface area contributed by atoms with Crippen molar-refractivity contribution in [1.29, 1.82) is 0 Å². The number of carbonyl (C=O) groups excluding carboxylic acids is 2. The monoisotopic (exact) mass is 368 g/mol. The molecule has 2 aromatic rings. The maximum Gasteiger partial charge on any atom is 0.224 e. The summed E-state index contributed by atoms with van der Waals surface area (Å²) >= 11 is 0. The van der Waals surface area contributed by atoms with Crippen molar-refractivity contribution < 1.29 is 14.3 Å². The summed E-state index contributed by atoms with van der Waals surface area (Å²) in [6.45, 7) is 6.19. The molecule has 0 heterocycles. The third-order valence-electron chi connectivity index (χ3n) is 4.41. The van der Waals surface area contributed by atoms with Crippen LogP contribution >= 0.6 is 0 Å². The predicted octanol–water partition coefficient (Wildman–Crippen LogP) is 4.47. The van der Waals surface area contributed by atoms with Gasteiger partial charge in [-0.05, 0) is 68.1 Å². The van der Waals surface area contributed by atoms with Crippen molar-refractivity contribution in [2.45, 2.75) is 40.0 Å². The SMILES string of the molecule is CC(=O)N(C)c1ccc(NC(=O)CCCCOc2cc(C)ccc2C)cc1. The molecule has 0 unspecified atom stereocenters. The number of benzene rings is 2. The highest BCUT2D eigenvalue weighted by atomic mass is 16.5. The number of aryl methyl sites for hydroxylation is 2. The highest BCUT2D eigenvalue weighted by Crippen LogP contribution is 2.20. The molecule has 27 heavy (non-hydrogen) atoms. The highest BCUT2D eigenvalue weighted by Gasteiger charge is 2.07. The third-order valence-corrected chi connectivity index (χ3v) is 4.41. The molecule has 1 N–H and O–H groups in total. The Kier molecular flexibility index (Phi) is 7.41. The molecule has 0 saturated carbocycles. The lowest BCUT2D eigenvalue weighted by Gasteiger charge is -2.15. The third kappa shape index (κ3) is 6.44. The van der Waals surface area contributed by atoms with Crippen LogP contribution < -0.4 is 15.0 Å². The molecule has 2 aromatic carbocycles. The Morgan fingerprint density at radius 3 is 2.41 bits per heavy atom. The smallest absolute Gasteiger partial charge is 0.224 e. The number of rotatable bonds is 8. The fourth-order valence-corrected chi connectivity index (χ4v) is 2.61. The first kappa shape index (κ1) is 20.5. The molecule has 5 heteroatoms. The number of nitrogens with one attached hydrogen (secondary N) is 1. The number of unbranched alkanes of at least 4 members (excludes halogenated alkanes) is 1. The van der Waals surface area contributed by atoms with Gasteiger partial charge < -0.3 is 15.0 Å². The first-order valence-electron chi connectivity index (χ1n) is 9.21. The van der Waals surface area contributed by atoms with E-state index in [4.69, 9.17) is 4.74 Å². The number of carbonyl (C=O) groups is 2. The van der Waals surface area contributed by atoms with Crippen LogP contribution in [0.1, 0.15) is 37.3 Å². The highest BCUT2D eigenvalue weighted by molar-refractivity contribution is 5.93. The van der Waals surface area contributed by atoms with Crippen LogP contribution in [0.4, 0.5) is 11.4 Å². The second kappa shape index (κ2) is 9.76. The van der Waals surface area contributed by atoms with Crippen molar-refractivity contribution in [3.63, 3.8) is 0 Å². The van der Waals surface area contributed by atoms with Crippen LogP contribution in [0.15, 0.2) is 42.5 Å². The molecule has 2 amide bonds. The van der Waals surface area contributed by atoms with Crippen molar-refractivity contribution in [2.24, 2.45) is 0 Å². The van der Waals surface area contributed by atoms with Crippen molar-refractivity contribution in [3.8, 4) is 5.75 Å². The van der Waals surface area contributed by atoms with E-state index in [1.54, 1.807) is 24.1 Å². The first-order valence-corrected chi connectivity index (χ1v) is 9.21. The van der Waals surface area contributed by atoms with E-state index in [0.29, 0.717) is 13.0 Å². The van der Waals surface area contributed by atoms with Gasteiger partial charge in [0.2, 0.25) is 11.8 Å². The molecule has 144 valence electrons. The van der Waals surface area contributed by atoms with Gasteiger partial charge in [-0.2, -0.15) is 0 Å². The van der Waals surface area contributed by atoms with Gasteiger partial charge >= 0.3 is 0 Å². The zero-order chi connectivity index (χ0) is 19.8. The Hall–Kier alpha value is -2.82. The fourth-order valence-electron chi connectivity index (χ4n) is 2.61. The number of hydrogen-bond donors (Lipinski definition) is 1. The van der Waals surface area contributed by atoms with Crippen molar-refractivity contribution >= 4 is 23.2 Å². The zero-order valence-corrected chi connectivity index (χ0v) is 16.5. The molecule has 0 aliphatic carbocycles. The van der Waals surface area contributed by atoms with E-state index in [9.17, 15) is 9.59 Å².